The lowest BCUT2D eigenvalue weighted by Crippen LogP contribution is -2.65. The third kappa shape index (κ3) is 6.11. The zero-order valence-corrected chi connectivity index (χ0v) is 31.6. The molecule has 14 heteroatoms. The molecule has 8 rings (SSSR count). The molecule has 304 valence electrons. The van der Waals surface area contributed by atoms with Gasteiger partial charge in [-0.15, -0.1) is 0 Å². The Morgan fingerprint density at radius 1 is 0.679 bits per heavy atom. The largest absolute Gasteiger partial charge is 0.394 e. The zero-order valence-electron chi connectivity index (χ0n) is 31.6. The van der Waals surface area contributed by atoms with Gasteiger partial charge in [0.2, 0.25) is 0 Å². The van der Waals surface area contributed by atoms with Crippen LogP contribution < -0.4 is 0 Å². The minimum Gasteiger partial charge on any atom is -0.394 e. The summed E-state index contributed by atoms with van der Waals surface area (Å²) in [6.45, 7) is 8.73. The lowest BCUT2D eigenvalue weighted by Gasteiger charge is -2.61. The summed E-state index contributed by atoms with van der Waals surface area (Å²) >= 11 is 0. The molecule has 0 aromatic heterocycles. The highest BCUT2D eigenvalue weighted by Crippen LogP contribution is 2.71. The number of ether oxygens (including phenoxy) is 6. The number of aliphatic hydroxyl groups excluding tert-OH is 8. The fourth-order valence-electron chi connectivity index (χ4n) is 13.3. The normalized spacial score (nSPS) is 59.5. The van der Waals surface area contributed by atoms with Crippen molar-refractivity contribution in [3.63, 3.8) is 0 Å². The topological polar surface area (TPSA) is 217 Å². The smallest absolute Gasteiger partial charge is 0.197 e. The summed E-state index contributed by atoms with van der Waals surface area (Å²) in [6.07, 6.45) is -6.75. The van der Waals surface area contributed by atoms with Gasteiger partial charge in [0.05, 0.1) is 32.0 Å². The molecule has 8 N–H and O–H groups in total. The average molecular weight is 757 g/mol. The Hall–Kier alpha value is -0.560. The standard InChI is InChI=1S/C39H64O14/c1-17-11-27(42)39(48-16-17)18(2)28-24(53-39)13-23-21-6-5-19-12-20(7-9-37(19,3)22(21)8-10-38(23,28)4)49-36-34(32(46)30(44)26(15-41)51-36)52-35-33(47)31(45)29(43)25(14-40)50-35/h17-36,40-47H,5-16H2,1-4H3/t17-,18-,19+,20-,21+,22-,23-,24-,25+,26+,27-,28-,29+,30-,31-,32-,33+,34+,35-,36+,37-,38-,39-/m0/s1. The summed E-state index contributed by atoms with van der Waals surface area (Å²) in [5.74, 6) is 2.05. The van der Waals surface area contributed by atoms with Gasteiger partial charge < -0.3 is 69.3 Å². The predicted octanol–water partition coefficient (Wildman–Crippen LogP) is 0.413. The van der Waals surface area contributed by atoms with E-state index in [4.69, 9.17) is 28.4 Å². The minimum atomic E-state index is -1.72. The van der Waals surface area contributed by atoms with E-state index in [1.165, 1.54) is 0 Å². The maximum absolute atomic E-state index is 11.2. The van der Waals surface area contributed by atoms with Crippen LogP contribution in [0.5, 0.6) is 0 Å². The fraction of sp³-hybridized carbons (Fsp3) is 1.00. The number of fused-ring (bicyclic) bond motifs is 7. The van der Waals surface area contributed by atoms with Crippen molar-refractivity contribution in [1.82, 2.24) is 0 Å². The van der Waals surface area contributed by atoms with Crippen molar-refractivity contribution >= 4 is 0 Å². The SMILES string of the molecule is C[C@@H]1CO[C@@]2(O[C@H]3C[C@H]4[C@@H]5CC[C@@H]6C[C@@H](O[C@@H]7O[C@H](CO)[C@H](O)[C@H](O)[C@H]7O[C@@H]7O[C@H](CO)[C@@H](O)[C@H](O)[C@H]7O)CC[C@]6(C)[C@H]5CC[C@]4(C)[C@H]3[C@@H]2C)[C@@H](O)C1. The van der Waals surface area contributed by atoms with Crippen LogP contribution in [0.25, 0.3) is 0 Å². The van der Waals surface area contributed by atoms with Gasteiger partial charge in [-0.25, -0.2) is 0 Å². The molecule has 0 unspecified atom stereocenters. The summed E-state index contributed by atoms with van der Waals surface area (Å²) in [5.41, 5.74) is 0.255. The van der Waals surface area contributed by atoms with Gasteiger partial charge in [-0.1, -0.05) is 27.7 Å². The molecule has 0 aromatic carbocycles. The second-order valence-electron chi connectivity index (χ2n) is 18.8. The maximum Gasteiger partial charge on any atom is 0.197 e. The van der Waals surface area contributed by atoms with Crippen LogP contribution in [0.4, 0.5) is 0 Å². The van der Waals surface area contributed by atoms with E-state index in [1.54, 1.807) is 0 Å². The van der Waals surface area contributed by atoms with Crippen molar-refractivity contribution in [2.24, 2.45) is 52.3 Å². The molecule has 4 aliphatic carbocycles. The van der Waals surface area contributed by atoms with E-state index in [0.29, 0.717) is 48.5 Å². The first-order valence-electron chi connectivity index (χ1n) is 20.4. The molecule has 0 amide bonds. The van der Waals surface area contributed by atoms with Gasteiger partial charge in [0.15, 0.2) is 18.4 Å². The van der Waals surface area contributed by atoms with E-state index in [1.807, 2.05) is 0 Å². The van der Waals surface area contributed by atoms with Crippen LogP contribution >= 0.6 is 0 Å². The van der Waals surface area contributed by atoms with Crippen LogP contribution in [0, 0.1) is 52.3 Å². The van der Waals surface area contributed by atoms with Crippen LogP contribution in [0.15, 0.2) is 0 Å². The molecule has 1 spiro atoms. The molecule has 4 heterocycles. The van der Waals surface area contributed by atoms with Crippen molar-refractivity contribution < 1.29 is 69.3 Å². The quantitative estimate of drug-likeness (QED) is 0.173. The van der Waals surface area contributed by atoms with E-state index in [0.717, 1.165) is 51.4 Å². The Kier molecular flexibility index (Phi) is 10.6. The highest BCUT2D eigenvalue weighted by Gasteiger charge is 2.71. The van der Waals surface area contributed by atoms with Crippen molar-refractivity contribution in [2.45, 2.75) is 171 Å². The minimum absolute atomic E-state index is 0.0988. The first kappa shape index (κ1) is 39.3. The van der Waals surface area contributed by atoms with Crippen molar-refractivity contribution in [3.8, 4) is 0 Å². The zero-order chi connectivity index (χ0) is 37.8. The second-order valence-corrected chi connectivity index (χ2v) is 18.8. The summed E-state index contributed by atoms with van der Waals surface area (Å²) in [6, 6.07) is 0. The van der Waals surface area contributed by atoms with Crippen LogP contribution in [0.1, 0.15) is 85.5 Å². The van der Waals surface area contributed by atoms with Crippen molar-refractivity contribution in [2.75, 3.05) is 19.8 Å². The van der Waals surface area contributed by atoms with Crippen molar-refractivity contribution in [1.29, 1.82) is 0 Å². The van der Waals surface area contributed by atoms with Crippen LogP contribution in [0.2, 0.25) is 0 Å². The van der Waals surface area contributed by atoms with Crippen LogP contribution in [0.3, 0.4) is 0 Å². The van der Waals surface area contributed by atoms with E-state index in [2.05, 4.69) is 27.7 Å². The summed E-state index contributed by atoms with van der Waals surface area (Å²) in [7, 11) is 0. The third-order valence-corrected chi connectivity index (χ3v) is 16.2. The van der Waals surface area contributed by atoms with Gasteiger partial charge in [0.25, 0.3) is 0 Å². The molecule has 14 nitrogen and oxygen atoms in total. The first-order valence-corrected chi connectivity index (χ1v) is 20.4. The lowest BCUT2D eigenvalue weighted by atomic mass is 9.44. The summed E-state index contributed by atoms with van der Waals surface area (Å²) < 4.78 is 37.2. The van der Waals surface area contributed by atoms with E-state index in [-0.39, 0.29) is 29.0 Å². The van der Waals surface area contributed by atoms with E-state index < -0.39 is 86.5 Å². The second kappa shape index (κ2) is 14.4. The Bertz CT molecular complexity index is 1310. The van der Waals surface area contributed by atoms with Gasteiger partial charge in [-0.05, 0) is 104 Å². The number of hydrogen-bond acceptors (Lipinski definition) is 14. The average Bonchev–Trinajstić information content (AvgIpc) is 3.59. The highest BCUT2D eigenvalue weighted by molar-refractivity contribution is 5.16. The Morgan fingerprint density at radius 2 is 1.36 bits per heavy atom. The fourth-order valence-corrected chi connectivity index (χ4v) is 13.3. The van der Waals surface area contributed by atoms with Gasteiger partial charge in [-0.3, -0.25) is 0 Å². The molecule has 0 bridgehead atoms. The van der Waals surface area contributed by atoms with Gasteiger partial charge >= 0.3 is 0 Å². The summed E-state index contributed by atoms with van der Waals surface area (Å²) in [5, 5.41) is 83.9. The molecule has 4 aliphatic heterocycles. The molecule has 0 aromatic rings. The Labute approximate surface area is 312 Å². The Balaban J connectivity index is 0.945. The van der Waals surface area contributed by atoms with E-state index >= 15 is 0 Å². The number of aliphatic hydroxyl groups is 8. The monoisotopic (exact) mass is 756 g/mol. The lowest BCUT2D eigenvalue weighted by molar-refractivity contribution is -0.373. The van der Waals surface area contributed by atoms with Crippen molar-refractivity contribution in [3.05, 3.63) is 0 Å². The molecule has 8 aliphatic rings. The molecular weight excluding hydrogens is 692 g/mol. The molecule has 8 fully saturated rings. The van der Waals surface area contributed by atoms with Gasteiger partial charge in [0.1, 0.15) is 54.9 Å². The van der Waals surface area contributed by atoms with Crippen LogP contribution in [-0.2, 0) is 28.4 Å². The van der Waals surface area contributed by atoms with Gasteiger partial charge in [-0.2, -0.15) is 0 Å². The Morgan fingerprint density at radius 3 is 2.06 bits per heavy atom. The highest BCUT2D eigenvalue weighted by atomic mass is 16.8. The van der Waals surface area contributed by atoms with Gasteiger partial charge in [0, 0.05) is 5.92 Å². The molecule has 53 heavy (non-hydrogen) atoms. The first-order chi connectivity index (χ1) is 25.2. The molecule has 4 saturated heterocycles. The summed E-state index contributed by atoms with van der Waals surface area (Å²) in [4.78, 5) is 0. The number of hydrogen-bond donors (Lipinski definition) is 8. The maximum atomic E-state index is 11.2. The number of rotatable bonds is 6. The van der Waals surface area contributed by atoms with E-state index in [9.17, 15) is 40.9 Å². The third-order valence-electron chi connectivity index (χ3n) is 16.2. The molecular formula is C39H64O14. The van der Waals surface area contributed by atoms with Crippen LogP contribution in [-0.4, -0.2) is 146 Å². The molecule has 23 atom stereocenters. The molecule has 4 saturated carbocycles. The molecule has 0 radical (unpaired) electrons. The predicted molar refractivity (Wildman–Crippen MR) is 184 cm³/mol.